The molecule has 3 aromatic rings. The van der Waals surface area contributed by atoms with Crippen molar-refractivity contribution in [1.29, 1.82) is 0 Å². The van der Waals surface area contributed by atoms with Gasteiger partial charge < -0.3 is 19.7 Å². The highest BCUT2D eigenvalue weighted by Crippen LogP contribution is 2.34. The third kappa shape index (κ3) is 3.56. The molecule has 1 N–H and O–H groups in total. The Morgan fingerprint density at radius 2 is 2.03 bits per heavy atom. The third-order valence-electron chi connectivity index (χ3n) is 5.09. The summed E-state index contributed by atoms with van der Waals surface area (Å²) >= 11 is 1.61. The molecule has 0 bridgehead atoms. The standard InChI is InChI=1S/C21H19N3O4S/c25-19(12-17-14-3-1-2-4-15(14)20(26)28-17)22-13-5-6-16-18(11-13)29-21(23-16)24-7-9-27-10-8-24/h1-6,11,17H,7-10,12H2,(H,22,25). The summed E-state index contributed by atoms with van der Waals surface area (Å²) in [5.74, 6) is -0.572. The molecule has 2 aliphatic heterocycles. The molecule has 0 radical (unpaired) electrons. The van der Waals surface area contributed by atoms with Crippen molar-refractivity contribution in [3.8, 4) is 0 Å². The van der Waals surface area contributed by atoms with Crippen molar-refractivity contribution in [2.24, 2.45) is 0 Å². The lowest BCUT2D eigenvalue weighted by Gasteiger charge is -2.25. The SMILES string of the molecule is O=C(CC1OC(=O)c2ccccc21)Nc1ccc2nc(N3CCOCC3)sc2c1. The van der Waals surface area contributed by atoms with Crippen molar-refractivity contribution in [1.82, 2.24) is 4.98 Å². The fraction of sp³-hybridized carbons (Fsp3) is 0.286. The Balaban J connectivity index is 1.29. The Labute approximate surface area is 171 Å². The van der Waals surface area contributed by atoms with Gasteiger partial charge in [0.1, 0.15) is 6.10 Å². The average Bonchev–Trinajstić information content (AvgIpc) is 3.30. The second-order valence-corrected chi connectivity index (χ2v) is 8.02. The second-order valence-electron chi connectivity index (χ2n) is 7.01. The number of nitrogens with one attached hydrogen (secondary N) is 1. The molecule has 2 aliphatic rings. The van der Waals surface area contributed by atoms with Gasteiger partial charge in [0.05, 0.1) is 35.4 Å². The largest absolute Gasteiger partial charge is 0.453 e. The Hall–Kier alpha value is -2.97. The summed E-state index contributed by atoms with van der Waals surface area (Å²) in [6.45, 7) is 3.11. The molecule has 1 unspecified atom stereocenters. The number of anilines is 2. The number of amides is 1. The van der Waals surface area contributed by atoms with Gasteiger partial charge in [-0.2, -0.15) is 0 Å². The first kappa shape index (κ1) is 18.1. The van der Waals surface area contributed by atoms with Gasteiger partial charge in [-0.05, 0) is 24.3 Å². The highest BCUT2D eigenvalue weighted by Gasteiger charge is 2.32. The van der Waals surface area contributed by atoms with E-state index in [2.05, 4.69) is 10.2 Å². The van der Waals surface area contributed by atoms with Crippen LogP contribution in [0.4, 0.5) is 10.8 Å². The number of fused-ring (bicyclic) bond motifs is 2. The fourth-order valence-corrected chi connectivity index (χ4v) is 4.69. The summed E-state index contributed by atoms with van der Waals surface area (Å²) in [5.41, 5.74) is 2.91. The lowest BCUT2D eigenvalue weighted by atomic mass is 10.0. The normalized spacial score (nSPS) is 18.6. The topological polar surface area (TPSA) is 80.8 Å². The van der Waals surface area contributed by atoms with E-state index >= 15 is 0 Å². The number of nitrogens with zero attached hydrogens (tertiary/aromatic N) is 2. The first-order valence-electron chi connectivity index (χ1n) is 9.50. The molecule has 5 rings (SSSR count). The smallest absolute Gasteiger partial charge is 0.339 e. The van der Waals surface area contributed by atoms with Gasteiger partial charge in [-0.1, -0.05) is 29.5 Å². The maximum absolute atomic E-state index is 12.5. The van der Waals surface area contributed by atoms with Crippen molar-refractivity contribution < 1.29 is 19.1 Å². The summed E-state index contributed by atoms with van der Waals surface area (Å²) in [5, 5.41) is 3.88. The van der Waals surface area contributed by atoms with Gasteiger partial charge in [0.15, 0.2) is 5.13 Å². The first-order chi connectivity index (χ1) is 14.2. The Morgan fingerprint density at radius 1 is 1.21 bits per heavy atom. The summed E-state index contributed by atoms with van der Waals surface area (Å²) in [4.78, 5) is 31.4. The highest BCUT2D eigenvalue weighted by molar-refractivity contribution is 7.22. The van der Waals surface area contributed by atoms with E-state index in [0.717, 1.165) is 34.0 Å². The zero-order valence-electron chi connectivity index (χ0n) is 15.6. The molecule has 7 nitrogen and oxygen atoms in total. The van der Waals surface area contributed by atoms with Crippen LogP contribution in [-0.4, -0.2) is 43.2 Å². The number of hydrogen-bond acceptors (Lipinski definition) is 7. The van der Waals surface area contributed by atoms with Crippen LogP contribution in [0.2, 0.25) is 0 Å². The van der Waals surface area contributed by atoms with E-state index in [9.17, 15) is 9.59 Å². The monoisotopic (exact) mass is 409 g/mol. The van der Waals surface area contributed by atoms with Gasteiger partial charge in [0.25, 0.3) is 0 Å². The minimum Gasteiger partial charge on any atom is -0.453 e. The van der Waals surface area contributed by atoms with Crippen LogP contribution >= 0.6 is 11.3 Å². The molecule has 0 aliphatic carbocycles. The number of carbonyl (C=O) groups excluding carboxylic acids is 2. The molecular formula is C21H19N3O4S. The number of ether oxygens (including phenoxy) is 2. The van der Waals surface area contributed by atoms with Crippen LogP contribution in [0.1, 0.15) is 28.4 Å². The highest BCUT2D eigenvalue weighted by atomic mass is 32.1. The summed E-state index contributed by atoms with van der Waals surface area (Å²) in [7, 11) is 0. The molecule has 3 heterocycles. The average molecular weight is 409 g/mol. The number of cyclic esters (lactones) is 1. The van der Waals surface area contributed by atoms with Gasteiger partial charge >= 0.3 is 5.97 Å². The molecule has 148 valence electrons. The third-order valence-corrected chi connectivity index (χ3v) is 6.17. The number of rotatable bonds is 4. The zero-order chi connectivity index (χ0) is 19.8. The number of aromatic nitrogens is 1. The second kappa shape index (κ2) is 7.46. The van der Waals surface area contributed by atoms with E-state index in [1.54, 1.807) is 23.5 Å². The predicted octanol–water partition coefficient (Wildman–Crippen LogP) is 3.37. The molecule has 1 atom stereocenters. The van der Waals surface area contributed by atoms with Crippen molar-refractivity contribution in [2.45, 2.75) is 12.5 Å². The quantitative estimate of drug-likeness (QED) is 0.666. The number of thiazole rings is 1. The number of carbonyl (C=O) groups is 2. The van der Waals surface area contributed by atoms with Crippen molar-refractivity contribution in [3.63, 3.8) is 0 Å². The predicted molar refractivity (Wildman–Crippen MR) is 110 cm³/mol. The molecular weight excluding hydrogens is 390 g/mol. The van der Waals surface area contributed by atoms with Crippen LogP contribution < -0.4 is 10.2 Å². The van der Waals surface area contributed by atoms with Crippen LogP contribution in [0.5, 0.6) is 0 Å². The van der Waals surface area contributed by atoms with Gasteiger partial charge in [-0.25, -0.2) is 9.78 Å². The van der Waals surface area contributed by atoms with Gasteiger partial charge in [0.2, 0.25) is 5.91 Å². The zero-order valence-corrected chi connectivity index (χ0v) is 16.4. The van der Waals surface area contributed by atoms with Crippen molar-refractivity contribution >= 4 is 44.2 Å². The Bertz CT molecular complexity index is 1090. The van der Waals surface area contributed by atoms with E-state index in [4.69, 9.17) is 14.5 Å². The van der Waals surface area contributed by atoms with E-state index < -0.39 is 6.10 Å². The van der Waals surface area contributed by atoms with Gasteiger partial charge in [-0.15, -0.1) is 0 Å². The number of benzene rings is 2. The molecule has 1 aromatic heterocycles. The molecule has 0 spiro atoms. The van der Waals surface area contributed by atoms with Crippen LogP contribution in [-0.2, 0) is 14.3 Å². The molecule has 29 heavy (non-hydrogen) atoms. The van der Waals surface area contributed by atoms with Gasteiger partial charge in [-0.3, -0.25) is 4.79 Å². The summed E-state index contributed by atoms with van der Waals surface area (Å²) in [6, 6.07) is 12.9. The molecule has 1 saturated heterocycles. The minimum atomic E-state index is -0.543. The van der Waals surface area contributed by atoms with Crippen LogP contribution in [0.3, 0.4) is 0 Å². The molecule has 1 fully saturated rings. The maximum Gasteiger partial charge on any atom is 0.339 e. The molecule has 0 saturated carbocycles. The van der Waals surface area contributed by atoms with E-state index in [1.807, 2.05) is 30.3 Å². The summed E-state index contributed by atoms with van der Waals surface area (Å²) < 4.78 is 11.8. The van der Waals surface area contributed by atoms with E-state index in [0.29, 0.717) is 24.5 Å². The van der Waals surface area contributed by atoms with Crippen LogP contribution in [0.15, 0.2) is 42.5 Å². The van der Waals surface area contributed by atoms with Crippen LogP contribution in [0, 0.1) is 0 Å². The minimum absolute atomic E-state index is 0.0858. The first-order valence-corrected chi connectivity index (χ1v) is 10.3. The summed E-state index contributed by atoms with van der Waals surface area (Å²) in [6.07, 6.45) is -0.457. The van der Waals surface area contributed by atoms with Gasteiger partial charge in [0, 0.05) is 24.3 Å². The van der Waals surface area contributed by atoms with Crippen LogP contribution in [0.25, 0.3) is 10.2 Å². The van der Waals surface area contributed by atoms with E-state index in [1.165, 1.54) is 0 Å². The number of hydrogen-bond donors (Lipinski definition) is 1. The Morgan fingerprint density at radius 3 is 2.90 bits per heavy atom. The lowest BCUT2D eigenvalue weighted by Crippen LogP contribution is -2.36. The number of esters is 1. The lowest BCUT2D eigenvalue weighted by molar-refractivity contribution is -0.118. The maximum atomic E-state index is 12.5. The van der Waals surface area contributed by atoms with E-state index in [-0.39, 0.29) is 18.3 Å². The van der Waals surface area contributed by atoms with Crippen molar-refractivity contribution in [3.05, 3.63) is 53.6 Å². The van der Waals surface area contributed by atoms with Crippen molar-refractivity contribution in [2.75, 3.05) is 36.5 Å². The molecule has 2 aromatic carbocycles. The fourth-order valence-electron chi connectivity index (χ4n) is 3.63. The Kier molecular flexibility index (Phi) is 4.65. The molecule has 8 heteroatoms. The molecule has 1 amide bonds. The number of morpholine rings is 1.